The zero-order chi connectivity index (χ0) is 26.9. The van der Waals surface area contributed by atoms with Crippen LogP contribution in [0.4, 0.5) is 16.2 Å². The van der Waals surface area contributed by atoms with Crippen molar-refractivity contribution in [3.05, 3.63) is 48.0 Å². The number of nitrogens with one attached hydrogen (secondary N) is 1. The second-order valence-electron chi connectivity index (χ2n) is 10.00. The van der Waals surface area contributed by atoms with Crippen LogP contribution in [0, 0.1) is 0 Å². The first-order valence-corrected chi connectivity index (χ1v) is 12.6. The van der Waals surface area contributed by atoms with Crippen LogP contribution in [0.2, 0.25) is 0 Å². The van der Waals surface area contributed by atoms with Gasteiger partial charge in [0.25, 0.3) is 5.91 Å². The van der Waals surface area contributed by atoms with Crippen LogP contribution >= 0.6 is 0 Å². The van der Waals surface area contributed by atoms with Gasteiger partial charge in [0.1, 0.15) is 0 Å². The van der Waals surface area contributed by atoms with Gasteiger partial charge in [0.2, 0.25) is 11.8 Å². The van der Waals surface area contributed by atoms with Gasteiger partial charge in [-0.15, -0.1) is 0 Å². The lowest BCUT2D eigenvalue weighted by molar-refractivity contribution is -0.119. The van der Waals surface area contributed by atoms with Gasteiger partial charge in [-0.25, -0.2) is 4.79 Å². The molecule has 9 nitrogen and oxygen atoms in total. The number of rotatable bonds is 4. The van der Waals surface area contributed by atoms with Crippen LogP contribution in [0.1, 0.15) is 51.4 Å². The Labute approximate surface area is 217 Å². The Morgan fingerprint density at radius 3 is 2.24 bits per heavy atom. The van der Waals surface area contributed by atoms with Crippen LogP contribution in [0.15, 0.2) is 42.5 Å². The molecule has 0 unspecified atom stereocenters. The number of hydrogen-bond acceptors (Lipinski definition) is 5. The number of carbonyl (C=O) groups is 4. The highest BCUT2D eigenvalue weighted by Crippen LogP contribution is 2.39. The summed E-state index contributed by atoms with van der Waals surface area (Å²) in [6.07, 6.45) is 0.0199. The molecule has 37 heavy (non-hydrogen) atoms. The van der Waals surface area contributed by atoms with E-state index >= 15 is 0 Å². The minimum atomic E-state index is -0.451. The van der Waals surface area contributed by atoms with Crippen molar-refractivity contribution in [2.75, 3.05) is 29.4 Å². The van der Waals surface area contributed by atoms with Crippen LogP contribution in [-0.2, 0) is 14.3 Å². The maximum Gasteiger partial charge on any atom is 0.414 e. The molecule has 1 N–H and O–H groups in total. The molecule has 9 heteroatoms. The van der Waals surface area contributed by atoms with Gasteiger partial charge in [0.15, 0.2) is 0 Å². The minimum Gasteiger partial charge on any atom is -0.446 e. The SMILES string of the molecule is CC(=O)N[C@H]1CCN(C(=O)c2ccc(-c3ccc4c(c3)N(C(=O)OC(C)C)C[C@H](C)N4C(C)=O)cc2)C1. The number of fused-ring (bicyclic) bond motifs is 1. The van der Waals surface area contributed by atoms with E-state index in [4.69, 9.17) is 4.74 Å². The van der Waals surface area contributed by atoms with E-state index in [0.717, 1.165) is 17.5 Å². The summed E-state index contributed by atoms with van der Waals surface area (Å²) in [6.45, 7) is 9.93. The highest BCUT2D eigenvalue weighted by molar-refractivity contribution is 6.03. The molecule has 0 aromatic heterocycles. The highest BCUT2D eigenvalue weighted by Gasteiger charge is 2.35. The largest absolute Gasteiger partial charge is 0.446 e. The number of nitrogens with zero attached hydrogens (tertiary/aromatic N) is 3. The van der Waals surface area contributed by atoms with E-state index in [0.29, 0.717) is 36.6 Å². The number of likely N-dealkylation sites (tertiary alicyclic amines) is 1. The summed E-state index contributed by atoms with van der Waals surface area (Å²) in [5.41, 5.74) is 3.57. The van der Waals surface area contributed by atoms with Crippen LogP contribution in [0.25, 0.3) is 11.1 Å². The summed E-state index contributed by atoms with van der Waals surface area (Å²) in [7, 11) is 0. The predicted molar refractivity (Wildman–Crippen MR) is 142 cm³/mol. The van der Waals surface area contributed by atoms with E-state index in [1.807, 2.05) is 37.3 Å². The first kappa shape index (κ1) is 26.2. The Balaban J connectivity index is 1.59. The Bertz CT molecular complexity index is 1210. The zero-order valence-corrected chi connectivity index (χ0v) is 22.0. The molecule has 0 spiro atoms. The zero-order valence-electron chi connectivity index (χ0n) is 22.0. The van der Waals surface area contributed by atoms with Crippen molar-refractivity contribution in [2.45, 2.75) is 59.2 Å². The number of anilines is 2. The Kier molecular flexibility index (Phi) is 7.52. The van der Waals surface area contributed by atoms with E-state index in [2.05, 4.69) is 5.32 Å². The topological polar surface area (TPSA) is 99.3 Å². The normalized spacial score (nSPS) is 19.0. The number of amides is 4. The average Bonchev–Trinajstić information content (AvgIpc) is 3.30. The van der Waals surface area contributed by atoms with Gasteiger partial charge in [0.05, 0.1) is 23.5 Å². The van der Waals surface area contributed by atoms with Gasteiger partial charge in [-0.1, -0.05) is 18.2 Å². The molecule has 2 heterocycles. The average molecular weight is 507 g/mol. The summed E-state index contributed by atoms with van der Waals surface area (Å²) in [5.74, 6) is -0.256. The molecule has 0 saturated carbocycles. The van der Waals surface area contributed by atoms with Crippen molar-refractivity contribution in [3.63, 3.8) is 0 Å². The molecule has 0 radical (unpaired) electrons. The maximum absolute atomic E-state index is 13.0. The smallest absolute Gasteiger partial charge is 0.414 e. The van der Waals surface area contributed by atoms with E-state index in [-0.39, 0.29) is 35.9 Å². The lowest BCUT2D eigenvalue weighted by Crippen LogP contribution is -2.51. The molecule has 0 bridgehead atoms. The van der Waals surface area contributed by atoms with Gasteiger partial charge in [-0.2, -0.15) is 0 Å². The van der Waals surface area contributed by atoms with Crippen molar-refractivity contribution in [3.8, 4) is 11.1 Å². The molecule has 2 aromatic carbocycles. The maximum atomic E-state index is 13.0. The molecular formula is C28H34N4O5. The molecule has 4 amide bonds. The fraction of sp³-hybridized carbons (Fsp3) is 0.429. The Morgan fingerprint density at radius 1 is 0.946 bits per heavy atom. The third-order valence-electron chi connectivity index (χ3n) is 6.66. The molecular weight excluding hydrogens is 472 g/mol. The minimum absolute atomic E-state index is 0.0150. The summed E-state index contributed by atoms with van der Waals surface area (Å²) in [5, 5.41) is 2.87. The fourth-order valence-electron chi connectivity index (χ4n) is 5.06. The molecule has 1 saturated heterocycles. The van der Waals surface area contributed by atoms with Crippen molar-refractivity contribution >= 4 is 35.2 Å². The van der Waals surface area contributed by atoms with E-state index < -0.39 is 6.09 Å². The monoisotopic (exact) mass is 506 g/mol. The Morgan fingerprint density at radius 2 is 1.62 bits per heavy atom. The van der Waals surface area contributed by atoms with Gasteiger partial charge in [-0.3, -0.25) is 19.3 Å². The van der Waals surface area contributed by atoms with Crippen molar-refractivity contribution in [1.82, 2.24) is 10.2 Å². The van der Waals surface area contributed by atoms with Crippen LogP contribution in [0.5, 0.6) is 0 Å². The number of ether oxygens (including phenoxy) is 1. The summed E-state index contributed by atoms with van der Waals surface area (Å²) >= 11 is 0. The standard InChI is InChI=1S/C28H34N4O5/c1-17(2)37-28(36)31-15-18(3)32(20(5)34)25-11-10-23(14-26(25)31)21-6-8-22(9-7-21)27(35)30-13-12-24(16-30)29-19(4)33/h6-11,14,17-18,24H,12-13,15-16H2,1-5H3,(H,29,33)/t18-,24-/m0/s1. The molecule has 2 aliphatic rings. The molecule has 4 rings (SSSR count). The van der Waals surface area contributed by atoms with E-state index in [9.17, 15) is 19.2 Å². The first-order chi connectivity index (χ1) is 17.5. The summed E-state index contributed by atoms with van der Waals surface area (Å²) in [6, 6.07) is 12.8. The fourth-order valence-corrected chi connectivity index (χ4v) is 5.06. The summed E-state index contributed by atoms with van der Waals surface area (Å²) in [4.78, 5) is 54.6. The molecule has 2 atom stereocenters. The predicted octanol–water partition coefficient (Wildman–Crippen LogP) is 3.81. The first-order valence-electron chi connectivity index (χ1n) is 12.6. The quantitative estimate of drug-likeness (QED) is 0.680. The van der Waals surface area contributed by atoms with Crippen molar-refractivity contribution in [1.29, 1.82) is 0 Å². The third-order valence-corrected chi connectivity index (χ3v) is 6.66. The van der Waals surface area contributed by atoms with Gasteiger partial charge < -0.3 is 19.9 Å². The third kappa shape index (κ3) is 5.60. The van der Waals surface area contributed by atoms with Gasteiger partial charge >= 0.3 is 6.09 Å². The lowest BCUT2D eigenvalue weighted by atomic mass is 9.99. The van der Waals surface area contributed by atoms with Crippen LogP contribution in [0.3, 0.4) is 0 Å². The second-order valence-corrected chi connectivity index (χ2v) is 10.00. The van der Waals surface area contributed by atoms with Crippen molar-refractivity contribution in [2.24, 2.45) is 0 Å². The van der Waals surface area contributed by atoms with Crippen LogP contribution in [-0.4, -0.2) is 66.5 Å². The highest BCUT2D eigenvalue weighted by atomic mass is 16.6. The van der Waals surface area contributed by atoms with Crippen molar-refractivity contribution < 1.29 is 23.9 Å². The Hall–Kier alpha value is -3.88. The van der Waals surface area contributed by atoms with E-state index in [1.54, 1.807) is 40.7 Å². The molecule has 2 aliphatic heterocycles. The molecule has 0 aliphatic carbocycles. The summed E-state index contributed by atoms with van der Waals surface area (Å²) < 4.78 is 5.47. The van der Waals surface area contributed by atoms with Gasteiger partial charge in [0, 0.05) is 45.1 Å². The second kappa shape index (κ2) is 10.6. The lowest BCUT2D eigenvalue weighted by Gasteiger charge is -2.40. The molecule has 196 valence electrons. The number of benzene rings is 2. The van der Waals surface area contributed by atoms with E-state index in [1.165, 1.54) is 13.8 Å². The number of carbonyl (C=O) groups excluding carboxylic acids is 4. The van der Waals surface area contributed by atoms with Crippen LogP contribution < -0.4 is 15.1 Å². The molecule has 1 fully saturated rings. The molecule has 2 aromatic rings. The van der Waals surface area contributed by atoms with Gasteiger partial charge in [-0.05, 0) is 62.6 Å². The number of hydrogen-bond donors (Lipinski definition) is 1.